The third-order valence-electron chi connectivity index (χ3n) is 2.94. The minimum atomic E-state index is 0.0517. The van der Waals surface area contributed by atoms with Gasteiger partial charge in [-0.25, -0.2) is 0 Å². The van der Waals surface area contributed by atoms with E-state index >= 15 is 0 Å². The number of hydrogen-bond donors (Lipinski definition) is 2. The van der Waals surface area contributed by atoms with Crippen molar-refractivity contribution in [2.75, 3.05) is 17.2 Å². The predicted octanol–water partition coefficient (Wildman–Crippen LogP) is 3.95. The van der Waals surface area contributed by atoms with E-state index in [2.05, 4.69) is 24.5 Å². The van der Waals surface area contributed by atoms with Crippen LogP contribution in [0.5, 0.6) is 0 Å². The Bertz CT molecular complexity index is 388. The van der Waals surface area contributed by atoms with E-state index in [4.69, 9.17) is 0 Å². The van der Waals surface area contributed by atoms with Gasteiger partial charge in [-0.05, 0) is 31.0 Å². The molecule has 0 saturated carbocycles. The Kier molecular flexibility index (Phi) is 6.26. The normalized spacial score (nSPS) is 10.2. The Morgan fingerprint density at radius 2 is 2.00 bits per heavy atom. The molecule has 1 amide bonds. The number of unbranched alkanes of at least 4 members (excludes halogenated alkanes) is 2. The Balaban J connectivity index is 2.60. The fourth-order valence-corrected chi connectivity index (χ4v) is 1.74. The van der Waals surface area contributed by atoms with Gasteiger partial charge in [0.05, 0.1) is 0 Å². The first-order chi connectivity index (χ1) is 8.67. The second-order valence-corrected chi connectivity index (χ2v) is 4.57. The number of amides is 1. The molecule has 0 aliphatic rings. The highest BCUT2D eigenvalue weighted by atomic mass is 16.1. The standard InChI is InChI=1S/C15H24N2O/c1-4-6-7-10-16-14-11-13(9-8-12(14)3)17-15(18)5-2/h8-9,11,16H,4-7,10H2,1-3H3,(H,17,18). The first-order valence-electron chi connectivity index (χ1n) is 6.81. The van der Waals surface area contributed by atoms with E-state index in [9.17, 15) is 4.79 Å². The summed E-state index contributed by atoms with van der Waals surface area (Å²) in [6.07, 6.45) is 4.17. The Labute approximate surface area is 110 Å². The molecule has 18 heavy (non-hydrogen) atoms. The number of hydrogen-bond acceptors (Lipinski definition) is 2. The van der Waals surface area contributed by atoms with Gasteiger partial charge in [-0.2, -0.15) is 0 Å². The van der Waals surface area contributed by atoms with Crippen molar-refractivity contribution in [3.63, 3.8) is 0 Å². The van der Waals surface area contributed by atoms with Crippen molar-refractivity contribution in [1.29, 1.82) is 0 Å². The summed E-state index contributed by atoms with van der Waals surface area (Å²) in [7, 11) is 0. The van der Waals surface area contributed by atoms with Crippen molar-refractivity contribution >= 4 is 17.3 Å². The van der Waals surface area contributed by atoms with Gasteiger partial charge in [0.1, 0.15) is 0 Å². The van der Waals surface area contributed by atoms with Gasteiger partial charge in [0.15, 0.2) is 0 Å². The SMILES string of the molecule is CCCCCNc1cc(NC(=O)CC)ccc1C. The van der Waals surface area contributed by atoms with Gasteiger partial charge in [0.2, 0.25) is 5.91 Å². The smallest absolute Gasteiger partial charge is 0.224 e. The van der Waals surface area contributed by atoms with Gasteiger partial charge in [-0.3, -0.25) is 4.79 Å². The van der Waals surface area contributed by atoms with Gasteiger partial charge in [0, 0.05) is 24.3 Å². The van der Waals surface area contributed by atoms with Crippen molar-refractivity contribution in [2.45, 2.75) is 46.5 Å². The minimum absolute atomic E-state index is 0.0517. The quantitative estimate of drug-likeness (QED) is 0.717. The number of aryl methyl sites for hydroxylation is 1. The number of benzene rings is 1. The fourth-order valence-electron chi connectivity index (χ4n) is 1.74. The van der Waals surface area contributed by atoms with Gasteiger partial charge in [-0.1, -0.05) is 32.8 Å². The number of carbonyl (C=O) groups excluding carboxylic acids is 1. The zero-order valence-electron chi connectivity index (χ0n) is 11.7. The summed E-state index contributed by atoms with van der Waals surface area (Å²) in [5, 5.41) is 6.31. The molecule has 100 valence electrons. The van der Waals surface area contributed by atoms with Crippen LogP contribution < -0.4 is 10.6 Å². The summed E-state index contributed by atoms with van der Waals surface area (Å²) < 4.78 is 0. The molecule has 0 aromatic heterocycles. The monoisotopic (exact) mass is 248 g/mol. The fraction of sp³-hybridized carbons (Fsp3) is 0.533. The van der Waals surface area contributed by atoms with E-state index in [0.717, 1.165) is 17.9 Å². The number of carbonyl (C=O) groups is 1. The molecular weight excluding hydrogens is 224 g/mol. The zero-order chi connectivity index (χ0) is 13.4. The van der Waals surface area contributed by atoms with Crippen molar-refractivity contribution < 1.29 is 4.79 Å². The first-order valence-corrected chi connectivity index (χ1v) is 6.81. The molecule has 3 heteroatoms. The summed E-state index contributed by atoms with van der Waals surface area (Å²) in [6.45, 7) is 7.12. The van der Waals surface area contributed by atoms with Crippen LogP contribution in [0.2, 0.25) is 0 Å². The van der Waals surface area contributed by atoms with Gasteiger partial charge >= 0.3 is 0 Å². The molecule has 3 nitrogen and oxygen atoms in total. The molecule has 1 aromatic rings. The van der Waals surface area contributed by atoms with Crippen LogP contribution in [0.4, 0.5) is 11.4 Å². The third kappa shape index (κ3) is 4.78. The van der Waals surface area contributed by atoms with Crippen LogP contribution in [-0.4, -0.2) is 12.5 Å². The first kappa shape index (κ1) is 14.6. The highest BCUT2D eigenvalue weighted by Gasteiger charge is 2.02. The number of anilines is 2. The largest absolute Gasteiger partial charge is 0.385 e. The molecule has 0 unspecified atom stereocenters. The summed E-state index contributed by atoms with van der Waals surface area (Å²) >= 11 is 0. The molecule has 0 fully saturated rings. The lowest BCUT2D eigenvalue weighted by molar-refractivity contribution is -0.115. The Morgan fingerprint density at radius 1 is 1.22 bits per heavy atom. The molecule has 0 aliphatic carbocycles. The molecule has 0 heterocycles. The average molecular weight is 248 g/mol. The van der Waals surface area contributed by atoms with Crippen molar-refractivity contribution in [2.24, 2.45) is 0 Å². The average Bonchev–Trinajstić information content (AvgIpc) is 2.38. The van der Waals surface area contributed by atoms with Crippen LogP contribution in [0.25, 0.3) is 0 Å². The lowest BCUT2D eigenvalue weighted by Gasteiger charge is -2.12. The summed E-state index contributed by atoms with van der Waals surface area (Å²) in [6, 6.07) is 5.99. The number of rotatable bonds is 7. The van der Waals surface area contributed by atoms with Crippen LogP contribution in [0, 0.1) is 6.92 Å². The van der Waals surface area contributed by atoms with Crippen LogP contribution in [-0.2, 0) is 4.79 Å². The van der Waals surface area contributed by atoms with Crippen molar-refractivity contribution in [1.82, 2.24) is 0 Å². The zero-order valence-corrected chi connectivity index (χ0v) is 11.7. The van der Waals surface area contributed by atoms with Crippen LogP contribution in [0.15, 0.2) is 18.2 Å². The highest BCUT2D eigenvalue weighted by molar-refractivity contribution is 5.91. The van der Waals surface area contributed by atoms with E-state index < -0.39 is 0 Å². The molecule has 0 spiro atoms. The van der Waals surface area contributed by atoms with Crippen molar-refractivity contribution in [3.8, 4) is 0 Å². The predicted molar refractivity (Wildman–Crippen MR) is 78.1 cm³/mol. The third-order valence-corrected chi connectivity index (χ3v) is 2.94. The number of nitrogens with one attached hydrogen (secondary N) is 2. The second-order valence-electron chi connectivity index (χ2n) is 4.57. The molecule has 0 bridgehead atoms. The van der Waals surface area contributed by atoms with E-state index in [1.165, 1.54) is 24.8 Å². The molecular formula is C15H24N2O. The van der Waals surface area contributed by atoms with Crippen molar-refractivity contribution in [3.05, 3.63) is 23.8 Å². The maximum Gasteiger partial charge on any atom is 0.224 e. The molecule has 0 radical (unpaired) electrons. The lowest BCUT2D eigenvalue weighted by atomic mass is 10.1. The second kappa shape index (κ2) is 7.75. The lowest BCUT2D eigenvalue weighted by Crippen LogP contribution is -2.10. The molecule has 0 aliphatic heterocycles. The van der Waals surface area contributed by atoms with Gasteiger partial charge in [-0.15, -0.1) is 0 Å². The minimum Gasteiger partial charge on any atom is -0.385 e. The highest BCUT2D eigenvalue weighted by Crippen LogP contribution is 2.20. The van der Waals surface area contributed by atoms with Crippen LogP contribution in [0.3, 0.4) is 0 Å². The molecule has 1 rings (SSSR count). The topological polar surface area (TPSA) is 41.1 Å². The maximum atomic E-state index is 11.3. The van der Waals surface area contributed by atoms with Gasteiger partial charge < -0.3 is 10.6 Å². The Hall–Kier alpha value is -1.51. The van der Waals surface area contributed by atoms with Crippen LogP contribution in [0.1, 0.15) is 45.1 Å². The molecule has 0 saturated heterocycles. The molecule has 1 aromatic carbocycles. The summed E-state index contributed by atoms with van der Waals surface area (Å²) in [5.74, 6) is 0.0517. The Morgan fingerprint density at radius 3 is 2.67 bits per heavy atom. The van der Waals surface area contributed by atoms with Crippen LogP contribution >= 0.6 is 0 Å². The van der Waals surface area contributed by atoms with E-state index in [1.807, 2.05) is 25.1 Å². The summed E-state index contributed by atoms with van der Waals surface area (Å²) in [5.41, 5.74) is 3.19. The molecule has 0 atom stereocenters. The van der Waals surface area contributed by atoms with E-state index in [-0.39, 0.29) is 5.91 Å². The van der Waals surface area contributed by atoms with E-state index in [0.29, 0.717) is 6.42 Å². The maximum absolute atomic E-state index is 11.3. The van der Waals surface area contributed by atoms with Gasteiger partial charge in [0.25, 0.3) is 0 Å². The van der Waals surface area contributed by atoms with E-state index in [1.54, 1.807) is 0 Å². The summed E-state index contributed by atoms with van der Waals surface area (Å²) in [4.78, 5) is 11.3. The molecule has 2 N–H and O–H groups in total.